The Kier molecular flexibility index (Phi) is 5.25. The first-order valence-electron chi connectivity index (χ1n) is 9.57. The quantitative estimate of drug-likeness (QED) is 0.692. The minimum absolute atomic E-state index is 0.0839. The van der Waals surface area contributed by atoms with Crippen LogP contribution in [-0.4, -0.2) is 42.2 Å². The van der Waals surface area contributed by atoms with E-state index in [1.54, 1.807) is 55.3 Å². The van der Waals surface area contributed by atoms with Crippen LogP contribution >= 0.6 is 0 Å². The predicted molar refractivity (Wildman–Crippen MR) is 108 cm³/mol. The van der Waals surface area contributed by atoms with Gasteiger partial charge >= 0.3 is 0 Å². The second-order valence-corrected chi connectivity index (χ2v) is 7.13. The van der Waals surface area contributed by atoms with Crippen LogP contribution in [0, 0.1) is 5.82 Å². The summed E-state index contributed by atoms with van der Waals surface area (Å²) in [5.74, 6) is 0.877. The van der Waals surface area contributed by atoms with E-state index in [0.29, 0.717) is 54.4 Å². The second kappa shape index (κ2) is 7.85. The van der Waals surface area contributed by atoms with Gasteiger partial charge in [-0.25, -0.2) is 9.07 Å². The van der Waals surface area contributed by atoms with Crippen LogP contribution in [-0.2, 0) is 5.60 Å². The first kappa shape index (κ1) is 19.4. The van der Waals surface area contributed by atoms with Gasteiger partial charge in [-0.2, -0.15) is 5.10 Å². The van der Waals surface area contributed by atoms with E-state index in [1.165, 1.54) is 0 Å². The molecule has 7 heteroatoms. The summed E-state index contributed by atoms with van der Waals surface area (Å²) in [7, 11) is 3.18. The van der Waals surface area contributed by atoms with E-state index in [0.717, 1.165) is 0 Å². The average Bonchev–Trinajstić information content (AvgIpc) is 3.12. The summed E-state index contributed by atoms with van der Waals surface area (Å²) < 4.78 is 27.7. The second-order valence-electron chi connectivity index (χ2n) is 7.13. The number of piperidine rings is 1. The molecule has 1 aromatic heterocycles. The third-order valence-electron chi connectivity index (χ3n) is 5.38. The number of aromatic nitrogens is 2. The molecule has 0 amide bonds. The largest absolute Gasteiger partial charge is 0.497 e. The van der Waals surface area contributed by atoms with Crippen molar-refractivity contribution in [3.8, 4) is 28.4 Å². The molecule has 0 bridgehead atoms. The molecule has 0 aliphatic carbocycles. The number of halogens is 1. The standard InChI is InChI=1S/C22H24FN3O3/c1-28-17-7-3-15(4-8-17)20-19(23)21(22(27)11-13-24-14-12-22)25-26(20)16-5-9-18(29-2)10-6-16/h3-10,24,27H,11-14H2,1-2H3. The van der Waals surface area contributed by atoms with E-state index in [1.807, 2.05) is 12.1 Å². The molecule has 2 aromatic carbocycles. The fourth-order valence-electron chi connectivity index (χ4n) is 3.68. The van der Waals surface area contributed by atoms with Gasteiger partial charge in [-0.3, -0.25) is 0 Å². The molecular formula is C22H24FN3O3. The van der Waals surface area contributed by atoms with Crippen molar-refractivity contribution in [2.75, 3.05) is 27.3 Å². The Morgan fingerprint density at radius 2 is 1.52 bits per heavy atom. The molecule has 2 N–H and O–H groups in total. The van der Waals surface area contributed by atoms with Crippen molar-refractivity contribution in [2.45, 2.75) is 18.4 Å². The molecule has 6 nitrogen and oxygen atoms in total. The molecule has 0 unspecified atom stereocenters. The number of ether oxygens (including phenoxy) is 2. The monoisotopic (exact) mass is 397 g/mol. The minimum atomic E-state index is -1.30. The summed E-state index contributed by atoms with van der Waals surface area (Å²) in [5, 5.41) is 18.9. The molecular weight excluding hydrogens is 373 g/mol. The van der Waals surface area contributed by atoms with Gasteiger partial charge in [-0.05, 0) is 74.5 Å². The van der Waals surface area contributed by atoms with Crippen molar-refractivity contribution in [3.63, 3.8) is 0 Å². The van der Waals surface area contributed by atoms with Crippen molar-refractivity contribution in [3.05, 3.63) is 60.0 Å². The number of hydrogen-bond donors (Lipinski definition) is 2. The fourth-order valence-corrected chi connectivity index (χ4v) is 3.68. The summed E-state index contributed by atoms with van der Waals surface area (Å²) in [6.45, 7) is 1.23. The topological polar surface area (TPSA) is 68.5 Å². The number of aliphatic hydroxyl groups is 1. The van der Waals surface area contributed by atoms with Crippen LogP contribution in [0.25, 0.3) is 16.9 Å². The highest BCUT2D eigenvalue weighted by molar-refractivity contribution is 5.65. The lowest BCUT2D eigenvalue weighted by molar-refractivity contribution is -0.00148. The molecule has 1 aliphatic rings. The lowest BCUT2D eigenvalue weighted by atomic mass is 9.88. The lowest BCUT2D eigenvalue weighted by Crippen LogP contribution is -2.40. The van der Waals surface area contributed by atoms with Gasteiger partial charge < -0.3 is 19.9 Å². The highest BCUT2D eigenvalue weighted by atomic mass is 19.1. The SMILES string of the molecule is COc1ccc(-c2c(F)c(C3(O)CCNCC3)nn2-c2ccc(OC)cc2)cc1. The van der Waals surface area contributed by atoms with Crippen LogP contribution in [0.1, 0.15) is 18.5 Å². The zero-order chi connectivity index (χ0) is 20.4. The van der Waals surface area contributed by atoms with Gasteiger partial charge in [0.15, 0.2) is 5.82 Å². The molecule has 29 heavy (non-hydrogen) atoms. The number of hydrogen-bond acceptors (Lipinski definition) is 5. The van der Waals surface area contributed by atoms with Crippen LogP contribution in [0.15, 0.2) is 48.5 Å². The van der Waals surface area contributed by atoms with E-state index in [-0.39, 0.29) is 5.69 Å². The van der Waals surface area contributed by atoms with Gasteiger partial charge in [0.2, 0.25) is 0 Å². The smallest absolute Gasteiger partial charge is 0.175 e. The van der Waals surface area contributed by atoms with E-state index in [4.69, 9.17) is 9.47 Å². The van der Waals surface area contributed by atoms with E-state index < -0.39 is 11.4 Å². The third-order valence-corrected chi connectivity index (χ3v) is 5.38. The summed E-state index contributed by atoms with van der Waals surface area (Å²) in [4.78, 5) is 0. The summed E-state index contributed by atoms with van der Waals surface area (Å²) in [6.07, 6.45) is 0.817. The van der Waals surface area contributed by atoms with E-state index >= 15 is 4.39 Å². The molecule has 4 rings (SSSR count). The third kappa shape index (κ3) is 3.59. The molecule has 0 saturated carbocycles. The van der Waals surface area contributed by atoms with Gasteiger partial charge in [0, 0.05) is 5.56 Å². The van der Waals surface area contributed by atoms with Crippen LogP contribution in [0.3, 0.4) is 0 Å². The van der Waals surface area contributed by atoms with Gasteiger partial charge in [-0.1, -0.05) is 0 Å². The van der Waals surface area contributed by atoms with Crippen molar-refractivity contribution < 1.29 is 19.0 Å². The first-order chi connectivity index (χ1) is 14.1. The maximum atomic E-state index is 15.7. The Labute approximate surface area is 168 Å². The zero-order valence-corrected chi connectivity index (χ0v) is 16.5. The summed E-state index contributed by atoms with van der Waals surface area (Å²) in [5.41, 5.74) is 0.420. The number of nitrogens with zero attached hydrogens (tertiary/aromatic N) is 2. The molecule has 2 heterocycles. The minimum Gasteiger partial charge on any atom is -0.497 e. The number of rotatable bonds is 5. The molecule has 0 atom stereocenters. The molecule has 1 saturated heterocycles. The number of benzene rings is 2. The number of methoxy groups -OCH3 is 2. The van der Waals surface area contributed by atoms with E-state index in [9.17, 15) is 5.11 Å². The van der Waals surface area contributed by atoms with E-state index in [2.05, 4.69) is 10.4 Å². The first-order valence-corrected chi connectivity index (χ1v) is 9.57. The van der Waals surface area contributed by atoms with Crippen LogP contribution in [0.2, 0.25) is 0 Å². The molecule has 1 aliphatic heterocycles. The molecule has 0 radical (unpaired) electrons. The molecule has 152 valence electrons. The normalized spacial score (nSPS) is 15.9. The Hall–Kier alpha value is -2.90. The summed E-state index contributed by atoms with van der Waals surface area (Å²) >= 11 is 0. The van der Waals surface area contributed by atoms with Gasteiger partial charge in [0.1, 0.15) is 28.5 Å². The van der Waals surface area contributed by atoms with Crippen LogP contribution in [0.5, 0.6) is 11.5 Å². The number of nitrogens with one attached hydrogen (secondary N) is 1. The summed E-state index contributed by atoms with van der Waals surface area (Å²) in [6, 6.07) is 14.4. The van der Waals surface area contributed by atoms with Gasteiger partial charge in [-0.15, -0.1) is 0 Å². The molecule has 1 fully saturated rings. The van der Waals surface area contributed by atoms with Crippen molar-refractivity contribution >= 4 is 0 Å². The Morgan fingerprint density at radius 3 is 2.07 bits per heavy atom. The Morgan fingerprint density at radius 1 is 0.966 bits per heavy atom. The fraction of sp³-hybridized carbons (Fsp3) is 0.318. The maximum absolute atomic E-state index is 15.7. The molecule has 3 aromatic rings. The zero-order valence-electron chi connectivity index (χ0n) is 16.5. The maximum Gasteiger partial charge on any atom is 0.175 e. The van der Waals surface area contributed by atoms with Crippen molar-refractivity contribution in [1.82, 2.24) is 15.1 Å². The molecule has 0 spiro atoms. The van der Waals surface area contributed by atoms with Crippen molar-refractivity contribution in [1.29, 1.82) is 0 Å². The highest BCUT2D eigenvalue weighted by Gasteiger charge is 2.38. The Balaban J connectivity index is 1.88. The van der Waals surface area contributed by atoms with Crippen molar-refractivity contribution in [2.24, 2.45) is 0 Å². The van der Waals surface area contributed by atoms with Gasteiger partial charge in [0.25, 0.3) is 0 Å². The average molecular weight is 397 g/mol. The lowest BCUT2D eigenvalue weighted by Gasteiger charge is -2.30. The predicted octanol–water partition coefficient (Wildman–Crippen LogP) is 3.27. The van der Waals surface area contributed by atoms with Gasteiger partial charge in [0.05, 0.1) is 19.9 Å². The Bertz CT molecular complexity index is 978. The highest BCUT2D eigenvalue weighted by Crippen LogP contribution is 2.37. The van der Waals surface area contributed by atoms with Crippen LogP contribution in [0.4, 0.5) is 4.39 Å². The van der Waals surface area contributed by atoms with Crippen LogP contribution < -0.4 is 14.8 Å².